The molecular formula is C22H30N2O3. The molecule has 0 radical (unpaired) electrons. The number of allylic oxidation sites excluding steroid dienone is 3. The SMILES string of the molecule is C=C(C)C1CCC(C)=CC1c1c(O)cc(CC2CN(C(=O)NC)C2)cc1O. The lowest BCUT2D eigenvalue weighted by Crippen LogP contribution is -2.53. The topological polar surface area (TPSA) is 72.8 Å². The minimum absolute atomic E-state index is 0.0438. The number of nitrogens with one attached hydrogen (secondary N) is 1. The summed E-state index contributed by atoms with van der Waals surface area (Å²) in [5.41, 5.74) is 3.87. The van der Waals surface area contributed by atoms with Gasteiger partial charge in [-0.05, 0) is 62.6 Å². The van der Waals surface area contributed by atoms with Crippen LogP contribution in [0.25, 0.3) is 0 Å². The lowest BCUT2D eigenvalue weighted by Gasteiger charge is -2.39. The third kappa shape index (κ3) is 3.97. The lowest BCUT2D eigenvalue weighted by atomic mass is 9.73. The molecule has 1 fully saturated rings. The highest BCUT2D eigenvalue weighted by Crippen LogP contribution is 2.46. The molecule has 5 heteroatoms. The highest BCUT2D eigenvalue weighted by Gasteiger charge is 2.32. The minimum Gasteiger partial charge on any atom is -0.507 e. The predicted molar refractivity (Wildman–Crippen MR) is 107 cm³/mol. The second-order valence-corrected chi connectivity index (χ2v) is 8.11. The average Bonchev–Trinajstić information content (AvgIpc) is 2.56. The molecule has 1 aromatic carbocycles. The fraction of sp³-hybridized carbons (Fsp3) is 0.500. The first-order valence-corrected chi connectivity index (χ1v) is 9.64. The van der Waals surface area contributed by atoms with Crippen molar-refractivity contribution in [3.8, 4) is 11.5 Å². The third-order valence-corrected chi connectivity index (χ3v) is 5.89. The molecule has 5 nitrogen and oxygen atoms in total. The summed E-state index contributed by atoms with van der Waals surface area (Å²) in [6.07, 6.45) is 4.90. The van der Waals surface area contributed by atoms with Crippen molar-refractivity contribution < 1.29 is 15.0 Å². The Morgan fingerprint density at radius 3 is 2.48 bits per heavy atom. The van der Waals surface area contributed by atoms with E-state index < -0.39 is 0 Å². The van der Waals surface area contributed by atoms with Gasteiger partial charge in [-0.3, -0.25) is 0 Å². The van der Waals surface area contributed by atoms with Gasteiger partial charge in [0.05, 0.1) is 0 Å². The zero-order valence-corrected chi connectivity index (χ0v) is 16.5. The molecule has 0 aromatic heterocycles. The Hall–Kier alpha value is -2.43. The molecule has 27 heavy (non-hydrogen) atoms. The number of carbonyl (C=O) groups excluding carboxylic acids is 1. The van der Waals surface area contributed by atoms with Gasteiger partial charge in [0.2, 0.25) is 0 Å². The molecule has 1 aliphatic carbocycles. The second kappa shape index (κ2) is 7.67. The summed E-state index contributed by atoms with van der Waals surface area (Å²) >= 11 is 0. The maximum Gasteiger partial charge on any atom is 0.317 e. The van der Waals surface area contributed by atoms with Crippen LogP contribution in [0.5, 0.6) is 11.5 Å². The van der Waals surface area contributed by atoms with Gasteiger partial charge in [-0.1, -0.05) is 23.8 Å². The Balaban J connectivity index is 1.78. The van der Waals surface area contributed by atoms with Crippen molar-refractivity contribution in [2.45, 2.75) is 39.0 Å². The summed E-state index contributed by atoms with van der Waals surface area (Å²) in [5.74, 6) is 0.832. The molecule has 2 unspecified atom stereocenters. The Bertz CT molecular complexity index is 755. The van der Waals surface area contributed by atoms with Gasteiger partial charge < -0.3 is 20.4 Å². The van der Waals surface area contributed by atoms with Crippen LogP contribution in [0.1, 0.15) is 43.7 Å². The average molecular weight is 370 g/mol. The summed E-state index contributed by atoms with van der Waals surface area (Å²) < 4.78 is 0. The number of benzene rings is 1. The van der Waals surface area contributed by atoms with Crippen LogP contribution in [0.2, 0.25) is 0 Å². The van der Waals surface area contributed by atoms with Gasteiger partial charge in [0.25, 0.3) is 0 Å². The number of urea groups is 1. The first kappa shape index (κ1) is 19.3. The van der Waals surface area contributed by atoms with Gasteiger partial charge in [0, 0.05) is 31.6 Å². The molecule has 2 aliphatic rings. The third-order valence-electron chi connectivity index (χ3n) is 5.89. The summed E-state index contributed by atoms with van der Waals surface area (Å²) in [4.78, 5) is 13.3. The Morgan fingerprint density at radius 1 is 1.30 bits per heavy atom. The number of carbonyl (C=O) groups is 1. The van der Waals surface area contributed by atoms with E-state index in [1.54, 1.807) is 24.1 Å². The standard InChI is InChI=1S/C22H30N2O3/c1-13(2)17-6-5-14(3)7-18(17)21-19(25)9-15(10-20(21)26)8-16-11-24(12-16)22(27)23-4/h7,9-10,16-18,25-26H,1,5-6,8,11-12H2,2-4H3,(H,23,27). The van der Waals surface area contributed by atoms with Crippen molar-refractivity contribution in [3.05, 3.63) is 47.1 Å². The molecule has 0 bridgehead atoms. The largest absolute Gasteiger partial charge is 0.507 e. The molecule has 1 aliphatic heterocycles. The van der Waals surface area contributed by atoms with Gasteiger partial charge >= 0.3 is 6.03 Å². The number of amides is 2. The minimum atomic E-state index is -0.0578. The van der Waals surface area contributed by atoms with E-state index in [-0.39, 0.29) is 29.4 Å². The number of nitrogens with zero attached hydrogens (tertiary/aromatic N) is 1. The van der Waals surface area contributed by atoms with Gasteiger partial charge in [-0.2, -0.15) is 0 Å². The van der Waals surface area contributed by atoms with Crippen molar-refractivity contribution in [1.29, 1.82) is 0 Å². The van der Waals surface area contributed by atoms with Gasteiger partial charge in [-0.15, -0.1) is 0 Å². The molecule has 2 amide bonds. The number of hydrogen-bond acceptors (Lipinski definition) is 3. The first-order chi connectivity index (χ1) is 12.8. The normalized spacial score (nSPS) is 22.8. The van der Waals surface area contributed by atoms with Crippen molar-refractivity contribution in [3.63, 3.8) is 0 Å². The van der Waals surface area contributed by atoms with Gasteiger partial charge in [-0.25, -0.2) is 4.79 Å². The van der Waals surface area contributed by atoms with Gasteiger partial charge in [0.1, 0.15) is 11.5 Å². The van der Waals surface area contributed by atoms with Crippen molar-refractivity contribution in [2.24, 2.45) is 11.8 Å². The van der Waals surface area contributed by atoms with E-state index in [2.05, 4.69) is 24.9 Å². The number of likely N-dealkylation sites (tertiary alicyclic amines) is 1. The van der Waals surface area contributed by atoms with Gasteiger partial charge in [0.15, 0.2) is 0 Å². The Morgan fingerprint density at radius 2 is 1.93 bits per heavy atom. The molecule has 2 atom stereocenters. The van der Waals surface area contributed by atoms with Crippen LogP contribution in [-0.2, 0) is 6.42 Å². The van der Waals surface area contributed by atoms with Crippen LogP contribution < -0.4 is 5.32 Å². The number of hydrogen-bond donors (Lipinski definition) is 3. The van der Waals surface area contributed by atoms with E-state index in [0.29, 0.717) is 24.6 Å². The quantitative estimate of drug-likeness (QED) is 0.703. The number of aromatic hydroxyl groups is 2. The maximum atomic E-state index is 11.6. The Kier molecular flexibility index (Phi) is 5.49. The van der Waals surface area contributed by atoms with Crippen molar-refractivity contribution in [1.82, 2.24) is 10.2 Å². The molecule has 1 aromatic rings. The zero-order valence-electron chi connectivity index (χ0n) is 16.5. The highest BCUT2D eigenvalue weighted by atomic mass is 16.3. The zero-order chi connectivity index (χ0) is 19.7. The van der Waals surface area contributed by atoms with Crippen molar-refractivity contribution in [2.75, 3.05) is 20.1 Å². The van der Waals surface area contributed by atoms with Crippen LogP contribution in [0, 0.1) is 11.8 Å². The number of rotatable bonds is 4. The molecule has 3 N–H and O–H groups in total. The van der Waals surface area contributed by atoms with Crippen molar-refractivity contribution >= 4 is 6.03 Å². The summed E-state index contributed by atoms with van der Waals surface area (Å²) in [7, 11) is 1.63. The molecule has 146 valence electrons. The molecule has 0 spiro atoms. The van der Waals surface area contributed by atoms with E-state index in [1.165, 1.54) is 5.57 Å². The Labute approximate surface area is 161 Å². The lowest BCUT2D eigenvalue weighted by molar-refractivity contribution is 0.122. The summed E-state index contributed by atoms with van der Waals surface area (Å²) in [6.45, 7) is 9.63. The summed E-state index contributed by atoms with van der Waals surface area (Å²) in [5, 5.41) is 24.0. The van der Waals surface area contributed by atoms with E-state index in [4.69, 9.17) is 0 Å². The second-order valence-electron chi connectivity index (χ2n) is 8.11. The fourth-order valence-corrected chi connectivity index (χ4v) is 4.40. The van der Waals surface area contributed by atoms with Crippen LogP contribution in [0.15, 0.2) is 35.9 Å². The van der Waals surface area contributed by atoms with Crippen LogP contribution >= 0.6 is 0 Å². The van der Waals surface area contributed by atoms with E-state index in [0.717, 1.165) is 30.4 Å². The highest BCUT2D eigenvalue weighted by molar-refractivity contribution is 5.74. The number of phenols is 2. The molecule has 0 saturated carbocycles. The molecule has 1 saturated heterocycles. The van der Waals surface area contributed by atoms with Crippen LogP contribution in [0.4, 0.5) is 4.79 Å². The van der Waals surface area contributed by atoms with Crippen LogP contribution in [0.3, 0.4) is 0 Å². The van der Waals surface area contributed by atoms with E-state index >= 15 is 0 Å². The van der Waals surface area contributed by atoms with E-state index in [9.17, 15) is 15.0 Å². The van der Waals surface area contributed by atoms with E-state index in [1.807, 2.05) is 6.92 Å². The monoisotopic (exact) mass is 370 g/mol. The number of phenolic OH excluding ortho intramolecular Hbond substituents is 2. The summed E-state index contributed by atoms with van der Waals surface area (Å²) in [6, 6.07) is 3.48. The molecule has 3 rings (SSSR count). The first-order valence-electron chi connectivity index (χ1n) is 9.64. The maximum absolute atomic E-state index is 11.6. The fourth-order valence-electron chi connectivity index (χ4n) is 4.40. The smallest absolute Gasteiger partial charge is 0.317 e. The molecule has 1 heterocycles. The molecular weight excluding hydrogens is 340 g/mol. The van der Waals surface area contributed by atoms with Crippen LogP contribution in [-0.4, -0.2) is 41.3 Å². The predicted octanol–water partition coefficient (Wildman–Crippen LogP) is 3.93.